The van der Waals surface area contributed by atoms with Crippen molar-refractivity contribution in [3.63, 3.8) is 0 Å². The van der Waals surface area contributed by atoms with Crippen LogP contribution in [0.3, 0.4) is 0 Å². The molecule has 0 heterocycles. The molecule has 0 aromatic rings. The van der Waals surface area contributed by atoms with Crippen LogP contribution in [0.15, 0.2) is 0 Å². The van der Waals surface area contributed by atoms with E-state index in [2.05, 4.69) is 5.32 Å². The minimum atomic E-state index is -0.230. The highest BCUT2D eigenvalue weighted by molar-refractivity contribution is 5.75. The van der Waals surface area contributed by atoms with Gasteiger partial charge >= 0.3 is 0 Å². The Morgan fingerprint density at radius 1 is 1.62 bits per heavy atom. The molecule has 3 nitrogen and oxygen atoms in total. The molecule has 3 heteroatoms. The van der Waals surface area contributed by atoms with Gasteiger partial charge in [-0.3, -0.25) is 4.79 Å². The fourth-order valence-corrected chi connectivity index (χ4v) is 0.315. The molecule has 1 amide bonds. The second kappa shape index (κ2) is 4.59. The van der Waals surface area contributed by atoms with E-state index in [0.717, 1.165) is 0 Å². The van der Waals surface area contributed by atoms with Crippen molar-refractivity contribution in [2.75, 3.05) is 13.2 Å². The second-order valence-electron chi connectivity index (χ2n) is 1.41. The predicted molar refractivity (Wildman–Crippen MR) is 28.9 cm³/mol. The van der Waals surface area contributed by atoms with Gasteiger partial charge in [0.25, 0.3) is 0 Å². The molecule has 0 bridgehead atoms. The molecule has 0 atom stereocenters. The van der Waals surface area contributed by atoms with Gasteiger partial charge in [-0.1, -0.05) is 6.92 Å². The largest absolute Gasteiger partial charge is 0.354 e. The predicted octanol–water partition coefficient (Wildman–Crippen LogP) is -0.0569. The molecular weight excluding hydrogens is 106 g/mol. The van der Waals surface area contributed by atoms with E-state index >= 15 is 0 Å². The number of amides is 1. The molecule has 0 aliphatic rings. The van der Waals surface area contributed by atoms with Gasteiger partial charge in [-0.05, 0) is 0 Å². The number of carbonyl (C=O) groups is 1. The first-order valence-corrected chi connectivity index (χ1v) is 2.66. The second-order valence-corrected chi connectivity index (χ2v) is 1.41. The molecule has 8 heavy (non-hydrogen) atoms. The molecule has 0 aromatic heterocycles. The quantitative estimate of drug-likeness (QED) is 0.552. The fourth-order valence-electron chi connectivity index (χ4n) is 0.315. The Labute approximate surface area is 48.7 Å². The minimum Gasteiger partial charge on any atom is -0.354 e. The Balaban J connectivity index is 2.99. The van der Waals surface area contributed by atoms with Crippen LogP contribution < -0.4 is 5.32 Å². The third-order valence-corrected chi connectivity index (χ3v) is 0.745. The van der Waals surface area contributed by atoms with E-state index in [-0.39, 0.29) is 19.1 Å². The first-order chi connectivity index (χ1) is 3.81. The summed E-state index contributed by atoms with van der Waals surface area (Å²) < 4.78 is 0. The standard InChI is InChI=1S/C5H10NO2/c1-2-5(8)6-3-4-7/h2-4H2,1H3,(H,6,8). The summed E-state index contributed by atoms with van der Waals surface area (Å²) in [6.45, 7) is 1.78. The molecule has 1 radical (unpaired) electrons. The van der Waals surface area contributed by atoms with Crippen molar-refractivity contribution in [1.82, 2.24) is 5.32 Å². The lowest BCUT2D eigenvalue weighted by Crippen LogP contribution is -2.24. The van der Waals surface area contributed by atoms with Gasteiger partial charge < -0.3 is 5.32 Å². The molecular formula is C5H10NO2. The van der Waals surface area contributed by atoms with E-state index in [0.29, 0.717) is 6.42 Å². The maximum Gasteiger partial charge on any atom is 0.219 e. The summed E-state index contributed by atoms with van der Waals surface area (Å²) in [4.78, 5) is 10.3. The van der Waals surface area contributed by atoms with Crippen molar-refractivity contribution in [1.29, 1.82) is 0 Å². The zero-order chi connectivity index (χ0) is 6.41. The zero-order valence-electron chi connectivity index (χ0n) is 4.94. The number of carbonyl (C=O) groups excluding carboxylic acids is 1. The van der Waals surface area contributed by atoms with E-state index in [1.165, 1.54) is 0 Å². The SMILES string of the molecule is CCC(=O)NCC[O]. The Morgan fingerprint density at radius 2 is 2.25 bits per heavy atom. The normalized spacial score (nSPS) is 8.75. The van der Waals surface area contributed by atoms with Gasteiger partial charge in [-0.15, -0.1) is 0 Å². The van der Waals surface area contributed by atoms with Gasteiger partial charge in [0.05, 0.1) is 6.61 Å². The van der Waals surface area contributed by atoms with Gasteiger partial charge in [0, 0.05) is 13.0 Å². The first kappa shape index (κ1) is 7.43. The van der Waals surface area contributed by atoms with Crippen LogP contribution in [0, 0.1) is 0 Å². The van der Waals surface area contributed by atoms with Crippen molar-refractivity contribution in [3.8, 4) is 0 Å². The molecule has 0 fully saturated rings. The molecule has 1 N–H and O–H groups in total. The van der Waals surface area contributed by atoms with Crippen LogP contribution in [-0.2, 0) is 9.90 Å². The van der Waals surface area contributed by atoms with Crippen molar-refractivity contribution in [3.05, 3.63) is 0 Å². The van der Waals surface area contributed by atoms with Crippen molar-refractivity contribution in [2.45, 2.75) is 13.3 Å². The van der Waals surface area contributed by atoms with Crippen LogP contribution in [0.2, 0.25) is 0 Å². The van der Waals surface area contributed by atoms with Crippen LogP contribution in [0.25, 0.3) is 0 Å². The Kier molecular flexibility index (Phi) is 4.26. The van der Waals surface area contributed by atoms with Crippen molar-refractivity contribution in [2.24, 2.45) is 0 Å². The Hall–Kier alpha value is -0.570. The van der Waals surface area contributed by atoms with Gasteiger partial charge in [0.2, 0.25) is 5.91 Å². The summed E-state index contributed by atoms with van der Waals surface area (Å²) in [7, 11) is 0. The van der Waals surface area contributed by atoms with E-state index in [1.807, 2.05) is 0 Å². The summed E-state index contributed by atoms with van der Waals surface area (Å²) in [5.74, 6) is -0.0548. The average Bonchev–Trinajstić information content (AvgIpc) is 1.83. The van der Waals surface area contributed by atoms with Crippen molar-refractivity contribution < 1.29 is 9.90 Å². The minimum absolute atomic E-state index is 0.0548. The van der Waals surface area contributed by atoms with Crippen LogP contribution >= 0.6 is 0 Å². The molecule has 0 rings (SSSR count). The monoisotopic (exact) mass is 116 g/mol. The van der Waals surface area contributed by atoms with Crippen LogP contribution in [-0.4, -0.2) is 19.1 Å². The number of hydrogen-bond acceptors (Lipinski definition) is 1. The smallest absolute Gasteiger partial charge is 0.219 e. The molecule has 47 valence electrons. The van der Waals surface area contributed by atoms with Crippen LogP contribution in [0.5, 0.6) is 0 Å². The average molecular weight is 116 g/mol. The van der Waals surface area contributed by atoms with Crippen LogP contribution in [0.4, 0.5) is 0 Å². The lowest BCUT2D eigenvalue weighted by atomic mass is 10.4. The molecule has 0 aromatic carbocycles. The van der Waals surface area contributed by atoms with E-state index in [9.17, 15) is 9.90 Å². The van der Waals surface area contributed by atoms with E-state index in [1.54, 1.807) is 6.92 Å². The molecule has 0 saturated heterocycles. The Bertz CT molecular complexity index is 72.8. The van der Waals surface area contributed by atoms with Gasteiger partial charge in [-0.25, -0.2) is 5.11 Å². The topological polar surface area (TPSA) is 49.0 Å². The molecule has 0 unspecified atom stereocenters. The highest BCUT2D eigenvalue weighted by Gasteiger charge is 1.91. The van der Waals surface area contributed by atoms with Crippen LogP contribution in [0.1, 0.15) is 13.3 Å². The summed E-state index contributed by atoms with van der Waals surface area (Å²) in [5.41, 5.74) is 0. The van der Waals surface area contributed by atoms with Gasteiger partial charge in [0.1, 0.15) is 0 Å². The molecule has 0 aliphatic carbocycles. The third kappa shape index (κ3) is 3.61. The highest BCUT2D eigenvalue weighted by atomic mass is 16.3. The summed E-state index contributed by atoms with van der Waals surface area (Å²) in [5, 5.41) is 12.2. The van der Waals surface area contributed by atoms with E-state index in [4.69, 9.17) is 0 Å². The van der Waals surface area contributed by atoms with Crippen molar-refractivity contribution >= 4 is 5.91 Å². The molecule has 0 saturated carbocycles. The third-order valence-electron chi connectivity index (χ3n) is 0.745. The van der Waals surface area contributed by atoms with Gasteiger partial charge in [0.15, 0.2) is 0 Å². The molecule has 0 aliphatic heterocycles. The fraction of sp³-hybridized carbons (Fsp3) is 0.800. The lowest BCUT2D eigenvalue weighted by molar-refractivity contribution is -0.121. The number of hydrogen-bond donors (Lipinski definition) is 1. The Morgan fingerprint density at radius 3 is 2.62 bits per heavy atom. The number of rotatable bonds is 3. The lowest BCUT2D eigenvalue weighted by Gasteiger charge is -1.95. The number of nitrogens with one attached hydrogen (secondary N) is 1. The van der Waals surface area contributed by atoms with E-state index < -0.39 is 0 Å². The highest BCUT2D eigenvalue weighted by Crippen LogP contribution is 1.71. The summed E-state index contributed by atoms with van der Waals surface area (Å²) in [6.07, 6.45) is 0.458. The van der Waals surface area contributed by atoms with Gasteiger partial charge in [-0.2, -0.15) is 0 Å². The summed E-state index contributed by atoms with van der Waals surface area (Å²) in [6, 6.07) is 0. The maximum absolute atomic E-state index is 10.3. The molecule has 0 spiro atoms. The maximum atomic E-state index is 10.3. The zero-order valence-corrected chi connectivity index (χ0v) is 4.94. The first-order valence-electron chi connectivity index (χ1n) is 2.66. The summed E-state index contributed by atoms with van der Waals surface area (Å²) >= 11 is 0.